The van der Waals surface area contributed by atoms with Crippen LogP contribution in [-0.4, -0.2) is 0 Å². The summed E-state index contributed by atoms with van der Waals surface area (Å²) in [6, 6.07) is 8.88. The first-order chi connectivity index (χ1) is 7.66. The maximum absolute atomic E-state index is 13.5. The van der Waals surface area contributed by atoms with Crippen LogP contribution in [0.2, 0.25) is 5.02 Å². The zero-order valence-electron chi connectivity index (χ0n) is 8.14. The van der Waals surface area contributed by atoms with E-state index in [0.717, 1.165) is 8.66 Å². The monoisotopic (exact) mass is 319 g/mol. The Balaban J connectivity index is 2.07. The normalized spacial score (nSPS) is 10.4. The van der Waals surface area contributed by atoms with Crippen LogP contribution in [0, 0.1) is 5.82 Å². The summed E-state index contributed by atoms with van der Waals surface area (Å²) in [5.74, 6) is -0.403. The van der Waals surface area contributed by atoms with Crippen molar-refractivity contribution in [1.29, 1.82) is 0 Å². The third-order valence-corrected chi connectivity index (χ3v) is 3.95. The minimum absolute atomic E-state index is 0.136. The molecular weight excluding hydrogens is 313 g/mol. The van der Waals surface area contributed by atoms with Gasteiger partial charge in [0.2, 0.25) is 0 Å². The van der Waals surface area contributed by atoms with E-state index in [0.29, 0.717) is 12.2 Å². The fourth-order valence-electron chi connectivity index (χ4n) is 1.27. The van der Waals surface area contributed by atoms with E-state index >= 15 is 0 Å². The molecule has 0 saturated heterocycles. The summed E-state index contributed by atoms with van der Waals surface area (Å²) < 4.78 is 14.6. The molecular formula is C11H8BrClFNS. The molecule has 0 aliphatic carbocycles. The van der Waals surface area contributed by atoms with Crippen molar-refractivity contribution in [3.8, 4) is 0 Å². The van der Waals surface area contributed by atoms with Crippen molar-refractivity contribution in [3.05, 3.63) is 49.8 Å². The third kappa shape index (κ3) is 2.75. The van der Waals surface area contributed by atoms with E-state index in [9.17, 15) is 4.39 Å². The minimum atomic E-state index is -0.403. The summed E-state index contributed by atoms with van der Waals surface area (Å²) in [7, 11) is 0. The Hall–Kier alpha value is -0.580. The molecule has 2 aromatic rings. The molecule has 0 saturated carbocycles. The quantitative estimate of drug-likeness (QED) is 0.847. The van der Waals surface area contributed by atoms with Crippen molar-refractivity contribution in [1.82, 2.24) is 0 Å². The SMILES string of the molecule is Fc1c(Cl)cccc1NCc1ccc(Br)s1. The molecule has 84 valence electrons. The Morgan fingerprint density at radius 3 is 2.81 bits per heavy atom. The van der Waals surface area contributed by atoms with Gasteiger partial charge in [0.05, 0.1) is 14.5 Å². The number of thiophene rings is 1. The highest BCUT2D eigenvalue weighted by Gasteiger charge is 2.05. The van der Waals surface area contributed by atoms with Gasteiger partial charge in [-0.3, -0.25) is 0 Å². The van der Waals surface area contributed by atoms with Crippen LogP contribution in [-0.2, 0) is 6.54 Å². The Morgan fingerprint density at radius 1 is 1.31 bits per heavy atom. The van der Waals surface area contributed by atoms with Gasteiger partial charge in [-0.25, -0.2) is 4.39 Å². The van der Waals surface area contributed by atoms with Crippen LogP contribution in [0.4, 0.5) is 10.1 Å². The molecule has 0 atom stereocenters. The molecule has 0 fully saturated rings. The largest absolute Gasteiger partial charge is 0.378 e. The van der Waals surface area contributed by atoms with E-state index in [1.807, 2.05) is 12.1 Å². The lowest BCUT2D eigenvalue weighted by molar-refractivity contribution is 0.630. The summed E-state index contributed by atoms with van der Waals surface area (Å²) in [6.07, 6.45) is 0. The van der Waals surface area contributed by atoms with Gasteiger partial charge in [0, 0.05) is 11.4 Å². The highest BCUT2D eigenvalue weighted by molar-refractivity contribution is 9.11. The molecule has 1 N–H and O–H groups in total. The van der Waals surface area contributed by atoms with Gasteiger partial charge in [0.15, 0.2) is 5.82 Å². The van der Waals surface area contributed by atoms with Crippen molar-refractivity contribution in [2.75, 3.05) is 5.32 Å². The zero-order valence-corrected chi connectivity index (χ0v) is 11.3. The number of halogens is 3. The molecule has 1 aromatic carbocycles. The number of anilines is 1. The van der Waals surface area contributed by atoms with Crippen LogP contribution in [0.3, 0.4) is 0 Å². The van der Waals surface area contributed by atoms with E-state index in [-0.39, 0.29) is 5.02 Å². The molecule has 1 nitrogen and oxygen atoms in total. The molecule has 0 radical (unpaired) electrons. The van der Waals surface area contributed by atoms with Gasteiger partial charge < -0.3 is 5.32 Å². The van der Waals surface area contributed by atoms with Gasteiger partial charge >= 0.3 is 0 Å². The Kier molecular flexibility index (Phi) is 3.84. The van der Waals surface area contributed by atoms with Crippen LogP contribution in [0.15, 0.2) is 34.1 Å². The number of benzene rings is 1. The first kappa shape index (κ1) is 11.9. The van der Waals surface area contributed by atoms with Gasteiger partial charge in [0.25, 0.3) is 0 Å². The van der Waals surface area contributed by atoms with E-state index in [4.69, 9.17) is 11.6 Å². The predicted octanol–water partition coefficient (Wildman–Crippen LogP) is 4.92. The molecule has 5 heteroatoms. The highest BCUT2D eigenvalue weighted by atomic mass is 79.9. The smallest absolute Gasteiger partial charge is 0.164 e. The van der Waals surface area contributed by atoms with Crippen LogP contribution >= 0.6 is 38.9 Å². The summed E-state index contributed by atoms with van der Waals surface area (Å²) in [4.78, 5) is 1.13. The molecule has 16 heavy (non-hydrogen) atoms. The molecule has 0 bridgehead atoms. The second-order valence-electron chi connectivity index (χ2n) is 3.16. The van der Waals surface area contributed by atoms with Crippen LogP contribution < -0.4 is 5.32 Å². The van der Waals surface area contributed by atoms with Crippen molar-refractivity contribution in [2.24, 2.45) is 0 Å². The topological polar surface area (TPSA) is 12.0 Å². The standard InChI is InChI=1S/C11H8BrClFNS/c12-10-5-4-7(16-10)6-15-9-3-1-2-8(13)11(9)14/h1-5,15H,6H2. The van der Waals surface area contributed by atoms with E-state index in [2.05, 4.69) is 21.2 Å². The Labute approximate surface area is 110 Å². The Morgan fingerprint density at radius 2 is 2.12 bits per heavy atom. The fourth-order valence-corrected chi connectivity index (χ4v) is 2.87. The maximum Gasteiger partial charge on any atom is 0.164 e. The molecule has 1 heterocycles. The second kappa shape index (κ2) is 5.17. The van der Waals surface area contributed by atoms with Crippen LogP contribution in [0.25, 0.3) is 0 Å². The van der Waals surface area contributed by atoms with E-state index < -0.39 is 5.82 Å². The number of rotatable bonds is 3. The van der Waals surface area contributed by atoms with E-state index in [1.165, 1.54) is 6.07 Å². The van der Waals surface area contributed by atoms with Gasteiger partial charge in [-0.2, -0.15) is 0 Å². The van der Waals surface area contributed by atoms with Crippen LogP contribution in [0.1, 0.15) is 4.88 Å². The van der Waals surface area contributed by atoms with Crippen molar-refractivity contribution < 1.29 is 4.39 Å². The summed E-state index contributed by atoms with van der Waals surface area (Å²) >= 11 is 10.7. The fraction of sp³-hybridized carbons (Fsp3) is 0.0909. The van der Waals surface area contributed by atoms with Crippen molar-refractivity contribution in [3.63, 3.8) is 0 Å². The zero-order chi connectivity index (χ0) is 11.5. The molecule has 1 aromatic heterocycles. The molecule has 0 spiro atoms. The molecule has 2 rings (SSSR count). The predicted molar refractivity (Wildman–Crippen MR) is 70.8 cm³/mol. The van der Waals surface area contributed by atoms with Crippen molar-refractivity contribution in [2.45, 2.75) is 6.54 Å². The van der Waals surface area contributed by atoms with Crippen molar-refractivity contribution >= 4 is 44.6 Å². The first-order valence-corrected chi connectivity index (χ1v) is 6.57. The van der Waals surface area contributed by atoms with E-state index in [1.54, 1.807) is 23.5 Å². The number of hydrogen-bond acceptors (Lipinski definition) is 2. The lowest BCUT2D eigenvalue weighted by Gasteiger charge is -2.06. The van der Waals surface area contributed by atoms with Crippen LogP contribution in [0.5, 0.6) is 0 Å². The average Bonchev–Trinajstić information content (AvgIpc) is 2.67. The second-order valence-corrected chi connectivity index (χ2v) is 6.12. The molecule has 0 aliphatic heterocycles. The average molecular weight is 321 g/mol. The third-order valence-electron chi connectivity index (χ3n) is 2.03. The Bertz CT molecular complexity index is 500. The lowest BCUT2D eigenvalue weighted by Crippen LogP contribution is -1.99. The number of nitrogens with one attached hydrogen (secondary N) is 1. The molecule has 0 amide bonds. The van der Waals surface area contributed by atoms with Gasteiger partial charge in [-0.05, 0) is 40.2 Å². The van der Waals surface area contributed by atoms with Gasteiger partial charge in [-0.15, -0.1) is 11.3 Å². The maximum atomic E-state index is 13.5. The first-order valence-electron chi connectivity index (χ1n) is 4.59. The van der Waals surface area contributed by atoms with Gasteiger partial charge in [-0.1, -0.05) is 17.7 Å². The minimum Gasteiger partial charge on any atom is -0.378 e. The summed E-state index contributed by atoms with van der Waals surface area (Å²) in [5, 5.41) is 3.15. The highest BCUT2D eigenvalue weighted by Crippen LogP contribution is 2.25. The number of hydrogen-bond donors (Lipinski definition) is 1. The molecule has 0 unspecified atom stereocenters. The summed E-state index contributed by atoms with van der Waals surface area (Å²) in [5.41, 5.74) is 0.428. The lowest BCUT2D eigenvalue weighted by atomic mass is 10.3. The van der Waals surface area contributed by atoms with Gasteiger partial charge in [0.1, 0.15) is 0 Å². The molecule has 0 aliphatic rings. The summed E-state index contributed by atoms with van der Waals surface area (Å²) in [6.45, 7) is 0.591.